The number of nitrogens with zero attached hydrogens (tertiary/aromatic N) is 2. The number of nitrogens with two attached hydrogens (primary N) is 1. The standard InChI is InChI=1S/C15H13N3O3/c16-9-11-8-13(3-5-17-11)21-12-1-2-14-10(7-12)4-6-18(14)15(19)20/h1-8H,9,16H2,(H,19,20). The Balaban J connectivity index is 1.92. The van der Waals surface area contributed by atoms with Gasteiger partial charge in [-0.1, -0.05) is 0 Å². The van der Waals surface area contributed by atoms with Gasteiger partial charge < -0.3 is 15.6 Å². The van der Waals surface area contributed by atoms with Crippen LogP contribution in [0.3, 0.4) is 0 Å². The number of carbonyl (C=O) groups is 1. The summed E-state index contributed by atoms with van der Waals surface area (Å²) in [5, 5.41) is 9.84. The van der Waals surface area contributed by atoms with Crippen molar-refractivity contribution < 1.29 is 14.6 Å². The van der Waals surface area contributed by atoms with E-state index in [1.165, 1.54) is 6.20 Å². The quantitative estimate of drug-likeness (QED) is 0.771. The van der Waals surface area contributed by atoms with E-state index < -0.39 is 6.09 Å². The van der Waals surface area contributed by atoms with Gasteiger partial charge in [0.25, 0.3) is 0 Å². The molecule has 1 aromatic carbocycles. The van der Waals surface area contributed by atoms with E-state index in [-0.39, 0.29) is 0 Å². The van der Waals surface area contributed by atoms with Crippen molar-refractivity contribution in [2.24, 2.45) is 5.73 Å². The minimum absolute atomic E-state index is 0.345. The van der Waals surface area contributed by atoms with Crippen LogP contribution in [0.4, 0.5) is 4.79 Å². The summed E-state index contributed by atoms with van der Waals surface area (Å²) in [5.41, 5.74) is 6.90. The number of pyridine rings is 1. The molecule has 0 unspecified atom stereocenters. The first kappa shape index (κ1) is 13.1. The third-order valence-electron chi connectivity index (χ3n) is 3.10. The first-order chi connectivity index (χ1) is 10.2. The number of fused-ring (bicyclic) bond motifs is 1. The summed E-state index contributed by atoms with van der Waals surface area (Å²) in [6, 6.07) is 10.5. The predicted molar refractivity (Wildman–Crippen MR) is 77.6 cm³/mol. The lowest BCUT2D eigenvalue weighted by Crippen LogP contribution is -2.05. The van der Waals surface area contributed by atoms with Crippen molar-refractivity contribution in [2.75, 3.05) is 0 Å². The highest BCUT2D eigenvalue weighted by atomic mass is 16.5. The molecule has 3 aromatic rings. The Hall–Kier alpha value is -2.86. The summed E-state index contributed by atoms with van der Waals surface area (Å²) in [4.78, 5) is 15.1. The Morgan fingerprint density at radius 3 is 2.81 bits per heavy atom. The van der Waals surface area contributed by atoms with E-state index >= 15 is 0 Å². The van der Waals surface area contributed by atoms with Gasteiger partial charge in [0, 0.05) is 30.4 Å². The summed E-state index contributed by atoms with van der Waals surface area (Å²) < 4.78 is 6.91. The minimum atomic E-state index is -1.01. The van der Waals surface area contributed by atoms with Gasteiger partial charge in [-0.15, -0.1) is 0 Å². The first-order valence-electron chi connectivity index (χ1n) is 6.34. The zero-order chi connectivity index (χ0) is 14.8. The van der Waals surface area contributed by atoms with E-state index in [4.69, 9.17) is 15.6 Å². The third-order valence-corrected chi connectivity index (χ3v) is 3.10. The number of hydrogen-bond acceptors (Lipinski definition) is 4. The molecule has 0 radical (unpaired) electrons. The molecule has 6 heteroatoms. The van der Waals surface area contributed by atoms with Gasteiger partial charge in [0.1, 0.15) is 11.5 Å². The fourth-order valence-corrected chi connectivity index (χ4v) is 2.12. The Morgan fingerprint density at radius 1 is 1.24 bits per heavy atom. The van der Waals surface area contributed by atoms with Crippen LogP contribution in [0, 0.1) is 0 Å². The molecule has 2 aromatic heterocycles. The van der Waals surface area contributed by atoms with Crippen molar-refractivity contribution in [1.29, 1.82) is 0 Å². The molecule has 0 aliphatic heterocycles. The molecule has 2 heterocycles. The average molecular weight is 283 g/mol. The second kappa shape index (κ2) is 5.26. The maximum atomic E-state index is 11.0. The lowest BCUT2D eigenvalue weighted by atomic mass is 10.2. The average Bonchev–Trinajstić information content (AvgIpc) is 2.90. The van der Waals surface area contributed by atoms with E-state index in [0.717, 1.165) is 15.6 Å². The lowest BCUT2D eigenvalue weighted by Gasteiger charge is -2.07. The summed E-state index contributed by atoms with van der Waals surface area (Å²) >= 11 is 0. The van der Waals surface area contributed by atoms with Gasteiger partial charge in [0.05, 0.1) is 11.2 Å². The Kier molecular flexibility index (Phi) is 3.29. The molecule has 0 saturated heterocycles. The number of benzene rings is 1. The number of aromatic nitrogens is 2. The molecular weight excluding hydrogens is 270 g/mol. The molecule has 0 aliphatic carbocycles. The van der Waals surface area contributed by atoms with Crippen LogP contribution in [0.5, 0.6) is 11.5 Å². The van der Waals surface area contributed by atoms with Crippen LogP contribution in [0.1, 0.15) is 5.69 Å². The van der Waals surface area contributed by atoms with Crippen molar-refractivity contribution in [2.45, 2.75) is 6.54 Å². The lowest BCUT2D eigenvalue weighted by molar-refractivity contribution is 0.197. The van der Waals surface area contributed by atoms with Crippen LogP contribution in [-0.2, 0) is 6.54 Å². The SMILES string of the molecule is NCc1cc(Oc2ccc3c(ccn3C(=O)O)c2)ccn1. The Bertz CT molecular complexity index is 811. The maximum Gasteiger partial charge on any atom is 0.415 e. The molecule has 21 heavy (non-hydrogen) atoms. The molecule has 0 aliphatic rings. The molecular formula is C15H13N3O3. The smallest absolute Gasteiger partial charge is 0.415 e. The van der Waals surface area contributed by atoms with Crippen LogP contribution in [0.25, 0.3) is 10.9 Å². The topological polar surface area (TPSA) is 90.4 Å². The van der Waals surface area contributed by atoms with Crippen LogP contribution < -0.4 is 10.5 Å². The second-order valence-electron chi connectivity index (χ2n) is 4.48. The molecule has 106 valence electrons. The largest absolute Gasteiger partial charge is 0.464 e. The summed E-state index contributed by atoms with van der Waals surface area (Å²) in [6.07, 6.45) is 2.13. The summed E-state index contributed by atoms with van der Waals surface area (Å²) in [6.45, 7) is 0.345. The second-order valence-corrected chi connectivity index (χ2v) is 4.48. The highest BCUT2D eigenvalue weighted by Gasteiger charge is 2.08. The van der Waals surface area contributed by atoms with Gasteiger partial charge in [0.2, 0.25) is 0 Å². The maximum absolute atomic E-state index is 11.0. The van der Waals surface area contributed by atoms with Crippen LogP contribution in [-0.4, -0.2) is 20.8 Å². The van der Waals surface area contributed by atoms with E-state index in [9.17, 15) is 4.79 Å². The highest BCUT2D eigenvalue weighted by Crippen LogP contribution is 2.26. The van der Waals surface area contributed by atoms with Crippen LogP contribution in [0.2, 0.25) is 0 Å². The van der Waals surface area contributed by atoms with E-state index in [2.05, 4.69) is 4.98 Å². The Morgan fingerprint density at radius 2 is 2.05 bits per heavy atom. The molecule has 0 fully saturated rings. The predicted octanol–water partition coefficient (Wildman–Crippen LogP) is 2.81. The fraction of sp³-hybridized carbons (Fsp3) is 0.0667. The van der Waals surface area contributed by atoms with Crippen molar-refractivity contribution in [3.8, 4) is 11.5 Å². The van der Waals surface area contributed by atoms with Crippen LogP contribution >= 0.6 is 0 Å². The van der Waals surface area contributed by atoms with Crippen molar-refractivity contribution >= 4 is 17.0 Å². The highest BCUT2D eigenvalue weighted by molar-refractivity contribution is 5.89. The van der Waals surface area contributed by atoms with Gasteiger partial charge in [-0.3, -0.25) is 9.55 Å². The molecule has 0 bridgehead atoms. The molecule has 6 nitrogen and oxygen atoms in total. The minimum Gasteiger partial charge on any atom is -0.464 e. The van der Waals surface area contributed by atoms with E-state index in [1.54, 1.807) is 42.6 Å². The molecule has 3 rings (SSSR count). The monoisotopic (exact) mass is 283 g/mol. The van der Waals surface area contributed by atoms with Crippen LogP contribution in [0.15, 0.2) is 48.8 Å². The Labute approximate surface area is 120 Å². The molecule has 0 amide bonds. The zero-order valence-electron chi connectivity index (χ0n) is 11.1. The van der Waals surface area contributed by atoms with Crippen molar-refractivity contribution in [3.63, 3.8) is 0 Å². The molecule has 3 N–H and O–H groups in total. The number of rotatable bonds is 3. The van der Waals surface area contributed by atoms with Gasteiger partial charge in [-0.05, 0) is 30.3 Å². The molecule has 0 saturated carbocycles. The number of hydrogen-bond donors (Lipinski definition) is 2. The van der Waals surface area contributed by atoms with Crippen molar-refractivity contribution in [1.82, 2.24) is 9.55 Å². The molecule has 0 atom stereocenters. The summed E-state index contributed by atoms with van der Waals surface area (Å²) in [5.74, 6) is 1.27. The first-order valence-corrected chi connectivity index (χ1v) is 6.34. The zero-order valence-corrected chi connectivity index (χ0v) is 11.1. The van der Waals surface area contributed by atoms with E-state index in [0.29, 0.717) is 23.6 Å². The van der Waals surface area contributed by atoms with Gasteiger partial charge in [-0.25, -0.2) is 4.79 Å². The fourth-order valence-electron chi connectivity index (χ4n) is 2.12. The number of carboxylic acid groups (broad SMARTS) is 1. The van der Waals surface area contributed by atoms with Crippen molar-refractivity contribution in [3.05, 3.63) is 54.5 Å². The normalized spacial score (nSPS) is 10.7. The number of ether oxygens (including phenoxy) is 1. The molecule has 0 spiro atoms. The van der Waals surface area contributed by atoms with E-state index in [1.807, 2.05) is 0 Å². The third kappa shape index (κ3) is 2.56. The van der Waals surface area contributed by atoms with Gasteiger partial charge >= 0.3 is 6.09 Å². The van der Waals surface area contributed by atoms with Gasteiger partial charge in [0.15, 0.2) is 0 Å². The van der Waals surface area contributed by atoms with Gasteiger partial charge in [-0.2, -0.15) is 0 Å². The summed E-state index contributed by atoms with van der Waals surface area (Å²) in [7, 11) is 0.